The Morgan fingerprint density at radius 3 is 2.67 bits per heavy atom. The molecule has 15 heavy (non-hydrogen) atoms. The van der Waals surface area contributed by atoms with Crippen LogP contribution in [0.15, 0.2) is 12.1 Å². The maximum Gasteiger partial charge on any atom is 0.170 e. The molecule has 0 aliphatic carbocycles. The van der Waals surface area contributed by atoms with E-state index in [-0.39, 0.29) is 15.8 Å². The van der Waals surface area contributed by atoms with E-state index in [4.69, 9.17) is 23.8 Å². The van der Waals surface area contributed by atoms with Crippen LogP contribution in [-0.2, 0) is 0 Å². The third kappa shape index (κ3) is 3.28. The lowest BCUT2D eigenvalue weighted by Gasteiger charge is -2.11. The number of hydrogen-bond donors (Lipinski definition) is 2. The predicted molar refractivity (Wildman–Crippen MR) is 61.3 cm³/mol. The van der Waals surface area contributed by atoms with E-state index in [0.717, 1.165) is 12.1 Å². The quantitative estimate of drug-likeness (QED) is 0.790. The molecular formula is C9H9ClF2N2S. The SMILES string of the molecule is CCNC(=S)Nc1c(F)cc(F)cc1Cl. The Morgan fingerprint density at radius 1 is 1.47 bits per heavy atom. The minimum Gasteiger partial charge on any atom is -0.363 e. The van der Waals surface area contributed by atoms with Crippen LogP contribution in [0.3, 0.4) is 0 Å². The zero-order valence-corrected chi connectivity index (χ0v) is 9.48. The van der Waals surface area contributed by atoms with Gasteiger partial charge in [-0.2, -0.15) is 0 Å². The van der Waals surface area contributed by atoms with E-state index in [1.807, 2.05) is 6.92 Å². The van der Waals surface area contributed by atoms with Gasteiger partial charge in [-0.05, 0) is 25.2 Å². The van der Waals surface area contributed by atoms with Gasteiger partial charge in [-0.3, -0.25) is 0 Å². The molecule has 0 heterocycles. The monoisotopic (exact) mass is 250 g/mol. The zero-order valence-electron chi connectivity index (χ0n) is 7.90. The van der Waals surface area contributed by atoms with E-state index >= 15 is 0 Å². The van der Waals surface area contributed by atoms with Crippen molar-refractivity contribution in [1.29, 1.82) is 0 Å². The van der Waals surface area contributed by atoms with Crippen LogP contribution in [0, 0.1) is 11.6 Å². The molecule has 0 atom stereocenters. The van der Waals surface area contributed by atoms with Crippen molar-refractivity contribution in [2.75, 3.05) is 11.9 Å². The molecule has 0 aromatic heterocycles. The average Bonchev–Trinajstić information content (AvgIpc) is 2.11. The van der Waals surface area contributed by atoms with Gasteiger partial charge in [0.1, 0.15) is 5.82 Å². The highest BCUT2D eigenvalue weighted by Gasteiger charge is 2.10. The summed E-state index contributed by atoms with van der Waals surface area (Å²) in [6.45, 7) is 2.45. The number of hydrogen-bond acceptors (Lipinski definition) is 1. The highest BCUT2D eigenvalue weighted by Crippen LogP contribution is 2.26. The van der Waals surface area contributed by atoms with Crippen molar-refractivity contribution in [2.45, 2.75) is 6.92 Å². The molecule has 82 valence electrons. The summed E-state index contributed by atoms with van der Waals surface area (Å²) in [5.74, 6) is -1.50. The second-order valence-electron chi connectivity index (χ2n) is 2.73. The second kappa shape index (κ2) is 5.23. The largest absolute Gasteiger partial charge is 0.363 e. The first kappa shape index (κ1) is 12.1. The van der Waals surface area contributed by atoms with Crippen LogP contribution in [0.4, 0.5) is 14.5 Å². The van der Waals surface area contributed by atoms with Gasteiger partial charge in [-0.15, -0.1) is 0 Å². The number of anilines is 1. The molecule has 1 aromatic carbocycles. The molecule has 0 saturated heterocycles. The van der Waals surface area contributed by atoms with Crippen molar-refractivity contribution in [2.24, 2.45) is 0 Å². The molecule has 0 fully saturated rings. The fourth-order valence-electron chi connectivity index (χ4n) is 0.980. The Kier molecular flexibility index (Phi) is 4.23. The summed E-state index contributed by atoms with van der Waals surface area (Å²) in [6.07, 6.45) is 0. The lowest BCUT2D eigenvalue weighted by molar-refractivity contribution is 0.586. The number of nitrogens with one attached hydrogen (secondary N) is 2. The van der Waals surface area contributed by atoms with Crippen LogP contribution in [-0.4, -0.2) is 11.7 Å². The van der Waals surface area contributed by atoms with Crippen LogP contribution < -0.4 is 10.6 Å². The van der Waals surface area contributed by atoms with E-state index in [1.165, 1.54) is 0 Å². The van der Waals surface area contributed by atoms with Gasteiger partial charge in [0.05, 0.1) is 10.7 Å². The van der Waals surface area contributed by atoms with Crippen molar-refractivity contribution >= 4 is 34.6 Å². The van der Waals surface area contributed by atoms with Gasteiger partial charge >= 0.3 is 0 Å². The van der Waals surface area contributed by atoms with Gasteiger partial charge in [-0.25, -0.2) is 8.78 Å². The minimum absolute atomic E-state index is 0.0241. The molecule has 0 unspecified atom stereocenters. The van der Waals surface area contributed by atoms with E-state index in [1.54, 1.807) is 0 Å². The lowest BCUT2D eigenvalue weighted by Crippen LogP contribution is -2.28. The smallest absolute Gasteiger partial charge is 0.170 e. The molecule has 0 amide bonds. The summed E-state index contributed by atoms with van der Waals surface area (Å²) < 4.78 is 25.9. The second-order valence-corrected chi connectivity index (χ2v) is 3.54. The molecule has 1 rings (SSSR count). The van der Waals surface area contributed by atoms with Crippen LogP contribution in [0.1, 0.15) is 6.92 Å². The van der Waals surface area contributed by atoms with E-state index < -0.39 is 11.6 Å². The Balaban J connectivity index is 2.90. The Morgan fingerprint density at radius 2 is 2.13 bits per heavy atom. The highest BCUT2D eigenvalue weighted by atomic mass is 35.5. The number of halogens is 3. The topological polar surface area (TPSA) is 24.1 Å². The molecule has 0 saturated carbocycles. The highest BCUT2D eigenvalue weighted by molar-refractivity contribution is 7.80. The van der Waals surface area contributed by atoms with Crippen LogP contribution in [0.5, 0.6) is 0 Å². The number of rotatable bonds is 2. The third-order valence-corrected chi connectivity index (χ3v) is 2.13. The van der Waals surface area contributed by atoms with Gasteiger partial charge in [0.15, 0.2) is 10.9 Å². The first-order valence-corrected chi connectivity index (χ1v) is 5.02. The van der Waals surface area contributed by atoms with E-state index in [9.17, 15) is 8.78 Å². The van der Waals surface area contributed by atoms with Crippen molar-refractivity contribution in [1.82, 2.24) is 5.32 Å². The number of thiocarbonyl (C=S) groups is 1. The van der Waals surface area contributed by atoms with Gasteiger partial charge < -0.3 is 10.6 Å². The number of benzene rings is 1. The van der Waals surface area contributed by atoms with Gasteiger partial charge in [-0.1, -0.05) is 11.6 Å². The van der Waals surface area contributed by atoms with Crippen LogP contribution in [0.25, 0.3) is 0 Å². The van der Waals surface area contributed by atoms with Gasteiger partial charge in [0.25, 0.3) is 0 Å². The summed E-state index contributed by atoms with van der Waals surface area (Å²) in [6, 6.07) is 1.75. The molecular weight excluding hydrogens is 242 g/mol. The van der Waals surface area contributed by atoms with Gasteiger partial charge in [0.2, 0.25) is 0 Å². The first-order chi connectivity index (χ1) is 7.04. The summed E-state index contributed by atoms with van der Waals surface area (Å²) in [4.78, 5) is 0. The Labute approximate surface area is 96.6 Å². The van der Waals surface area contributed by atoms with Crippen LogP contribution >= 0.6 is 23.8 Å². The lowest BCUT2D eigenvalue weighted by atomic mass is 10.3. The Hall–Kier alpha value is -0.940. The molecule has 2 nitrogen and oxygen atoms in total. The molecule has 0 radical (unpaired) electrons. The van der Waals surface area contributed by atoms with Gasteiger partial charge in [0, 0.05) is 12.6 Å². The minimum atomic E-state index is -0.778. The van der Waals surface area contributed by atoms with Crippen molar-refractivity contribution in [3.05, 3.63) is 28.8 Å². The molecule has 0 spiro atoms. The van der Waals surface area contributed by atoms with Crippen molar-refractivity contribution < 1.29 is 8.78 Å². The molecule has 6 heteroatoms. The fraction of sp³-hybridized carbons (Fsp3) is 0.222. The van der Waals surface area contributed by atoms with Crippen molar-refractivity contribution in [3.8, 4) is 0 Å². The maximum absolute atomic E-state index is 13.2. The molecule has 0 bridgehead atoms. The summed E-state index contributed by atoms with van der Waals surface area (Å²) >= 11 is 10.5. The zero-order chi connectivity index (χ0) is 11.4. The predicted octanol–water partition coefficient (Wildman–Crippen LogP) is 2.92. The molecule has 1 aromatic rings. The molecule has 0 aliphatic heterocycles. The first-order valence-electron chi connectivity index (χ1n) is 4.24. The van der Waals surface area contributed by atoms with Crippen molar-refractivity contribution in [3.63, 3.8) is 0 Å². The molecule has 0 aliphatic rings. The summed E-state index contributed by atoms with van der Waals surface area (Å²) in [5, 5.41) is 5.51. The normalized spacial score (nSPS) is 9.87. The fourth-order valence-corrected chi connectivity index (χ4v) is 1.47. The van der Waals surface area contributed by atoms with E-state index in [2.05, 4.69) is 10.6 Å². The third-order valence-electron chi connectivity index (χ3n) is 1.58. The van der Waals surface area contributed by atoms with E-state index in [0.29, 0.717) is 6.54 Å². The van der Waals surface area contributed by atoms with Crippen LogP contribution in [0.2, 0.25) is 5.02 Å². The maximum atomic E-state index is 13.2. The average molecular weight is 251 g/mol. The standard InChI is InChI=1S/C9H9ClF2N2S/c1-2-13-9(15)14-8-6(10)3-5(11)4-7(8)12/h3-4H,2H2,1H3,(H2,13,14,15). The Bertz CT molecular complexity index is 361. The summed E-state index contributed by atoms with van der Waals surface area (Å²) in [7, 11) is 0. The molecule has 2 N–H and O–H groups in total. The summed E-state index contributed by atoms with van der Waals surface area (Å²) in [5.41, 5.74) is -0.0241.